The van der Waals surface area contributed by atoms with Gasteiger partial charge in [-0.3, -0.25) is 9.59 Å². The van der Waals surface area contributed by atoms with Gasteiger partial charge in [0.05, 0.1) is 6.42 Å². The van der Waals surface area contributed by atoms with Gasteiger partial charge in [-0.25, -0.2) is 4.39 Å². The molecule has 0 aliphatic heterocycles. The van der Waals surface area contributed by atoms with Crippen LogP contribution in [0.5, 0.6) is 0 Å². The lowest BCUT2D eigenvalue weighted by Gasteiger charge is -2.31. The number of nitrogens with one attached hydrogen (secondary N) is 1. The molecule has 0 unspecified atom stereocenters. The van der Waals surface area contributed by atoms with Crippen molar-refractivity contribution in [2.45, 2.75) is 25.4 Å². The molecule has 0 fully saturated rings. The fourth-order valence-electron chi connectivity index (χ4n) is 3.38. The quantitative estimate of drug-likeness (QED) is 0.622. The lowest BCUT2D eigenvalue weighted by atomic mass is 10.0. The SMILES string of the molecule is CNC(=O)[C@H](Cc1ccccc1)N(Cc1ccc(F)cc1)C(=O)Cc1ccccc1. The van der Waals surface area contributed by atoms with E-state index in [1.807, 2.05) is 60.7 Å². The van der Waals surface area contributed by atoms with Crippen molar-refractivity contribution in [3.05, 3.63) is 107 Å². The highest BCUT2D eigenvalue weighted by molar-refractivity contribution is 5.88. The molecule has 3 aromatic rings. The third kappa shape index (κ3) is 5.77. The topological polar surface area (TPSA) is 49.4 Å². The van der Waals surface area contributed by atoms with Crippen LogP contribution in [0.4, 0.5) is 4.39 Å². The maximum absolute atomic E-state index is 13.4. The van der Waals surface area contributed by atoms with E-state index in [2.05, 4.69) is 5.32 Å². The summed E-state index contributed by atoms with van der Waals surface area (Å²) in [6.07, 6.45) is 0.576. The normalized spacial score (nSPS) is 11.5. The minimum atomic E-state index is -0.682. The highest BCUT2D eigenvalue weighted by atomic mass is 19.1. The molecule has 154 valence electrons. The van der Waals surface area contributed by atoms with E-state index in [4.69, 9.17) is 0 Å². The maximum atomic E-state index is 13.4. The van der Waals surface area contributed by atoms with Gasteiger partial charge >= 0.3 is 0 Å². The second kappa shape index (κ2) is 10.3. The van der Waals surface area contributed by atoms with Crippen LogP contribution in [-0.4, -0.2) is 29.8 Å². The van der Waals surface area contributed by atoms with Crippen LogP contribution in [0.2, 0.25) is 0 Å². The van der Waals surface area contributed by atoms with Crippen LogP contribution in [0.1, 0.15) is 16.7 Å². The molecule has 1 N–H and O–H groups in total. The van der Waals surface area contributed by atoms with Gasteiger partial charge in [-0.05, 0) is 28.8 Å². The van der Waals surface area contributed by atoms with Crippen LogP contribution in [0, 0.1) is 5.82 Å². The van der Waals surface area contributed by atoms with Gasteiger partial charge in [0, 0.05) is 20.0 Å². The van der Waals surface area contributed by atoms with Gasteiger partial charge in [-0.2, -0.15) is 0 Å². The number of halogens is 1. The Kier molecular flexibility index (Phi) is 7.33. The summed E-state index contributed by atoms with van der Waals surface area (Å²) in [5.74, 6) is -0.731. The summed E-state index contributed by atoms with van der Waals surface area (Å²) in [5.41, 5.74) is 2.60. The van der Waals surface area contributed by atoms with E-state index >= 15 is 0 Å². The van der Waals surface area contributed by atoms with Gasteiger partial charge in [0.15, 0.2) is 0 Å². The average Bonchev–Trinajstić information content (AvgIpc) is 2.78. The van der Waals surface area contributed by atoms with Crippen molar-refractivity contribution in [3.63, 3.8) is 0 Å². The van der Waals surface area contributed by atoms with Gasteiger partial charge < -0.3 is 10.2 Å². The molecular weight excluding hydrogens is 379 g/mol. The number of amides is 2. The Labute approximate surface area is 176 Å². The number of carbonyl (C=O) groups excluding carboxylic acids is 2. The molecule has 3 aromatic carbocycles. The number of benzene rings is 3. The van der Waals surface area contributed by atoms with Crippen LogP contribution >= 0.6 is 0 Å². The fourth-order valence-corrected chi connectivity index (χ4v) is 3.38. The molecular formula is C25H25FN2O2. The van der Waals surface area contributed by atoms with Gasteiger partial charge in [0.1, 0.15) is 11.9 Å². The number of hydrogen-bond acceptors (Lipinski definition) is 2. The largest absolute Gasteiger partial charge is 0.357 e. The molecule has 0 heterocycles. The Morgan fingerprint density at radius 1 is 0.833 bits per heavy atom. The first-order chi connectivity index (χ1) is 14.6. The van der Waals surface area contributed by atoms with Gasteiger partial charge in [0.2, 0.25) is 11.8 Å². The molecule has 1 atom stereocenters. The van der Waals surface area contributed by atoms with E-state index in [0.29, 0.717) is 6.42 Å². The van der Waals surface area contributed by atoms with Crippen molar-refractivity contribution in [1.29, 1.82) is 0 Å². The standard InChI is InChI=1S/C25H25FN2O2/c1-27-25(30)23(16-19-8-4-2-5-9-19)28(18-21-12-14-22(26)15-13-21)24(29)17-20-10-6-3-7-11-20/h2-15,23H,16-18H2,1H3,(H,27,30)/t23-/m0/s1. The van der Waals surface area contributed by atoms with Crippen LogP contribution < -0.4 is 5.32 Å². The van der Waals surface area contributed by atoms with Gasteiger partial charge in [0.25, 0.3) is 0 Å². The van der Waals surface area contributed by atoms with E-state index in [1.165, 1.54) is 12.1 Å². The summed E-state index contributed by atoms with van der Waals surface area (Å²) < 4.78 is 13.4. The Balaban J connectivity index is 1.92. The first-order valence-corrected chi connectivity index (χ1v) is 9.90. The third-order valence-electron chi connectivity index (χ3n) is 4.98. The Morgan fingerprint density at radius 3 is 1.97 bits per heavy atom. The molecule has 0 aromatic heterocycles. The van der Waals surface area contributed by atoms with E-state index in [9.17, 15) is 14.0 Å². The van der Waals surface area contributed by atoms with Gasteiger partial charge in [-0.15, -0.1) is 0 Å². The van der Waals surface area contributed by atoms with Gasteiger partial charge in [-0.1, -0.05) is 72.8 Å². The monoisotopic (exact) mass is 404 g/mol. The number of hydrogen-bond donors (Lipinski definition) is 1. The summed E-state index contributed by atoms with van der Waals surface area (Å²) in [4.78, 5) is 27.7. The zero-order valence-corrected chi connectivity index (χ0v) is 16.9. The van der Waals surface area contributed by atoms with Crippen molar-refractivity contribution in [1.82, 2.24) is 10.2 Å². The number of rotatable bonds is 8. The fraction of sp³-hybridized carbons (Fsp3) is 0.200. The van der Waals surface area contributed by atoms with Crippen LogP contribution in [0.25, 0.3) is 0 Å². The smallest absolute Gasteiger partial charge is 0.242 e. The van der Waals surface area contributed by atoms with Crippen molar-refractivity contribution < 1.29 is 14.0 Å². The molecule has 0 saturated carbocycles. The minimum absolute atomic E-state index is 0.157. The molecule has 0 aliphatic carbocycles. The zero-order chi connectivity index (χ0) is 21.3. The van der Waals surface area contributed by atoms with Crippen molar-refractivity contribution in [3.8, 4) is 0 Å². The highest BCUT2D eigenvalue weighted by Gasteiger charge is 2.29. The van der Waals surface area contributed by atoms with Crippen LogP contribution in [0.3, 0.4) is 0 Å². The summed E-state index contributed by atoms with van der Waals surface area (Å²) in [5, 5.41) is 2.69. The molecule has 0 aliphatic rings. The second-order valence-electron chi connectivity index (χ2n) is 7.13. The predicted octanol–water partition coefficient (Wildman–Crippen LogP) is 3.75. The first kappa shape index (κ1) is 21.2. The van der Waals surface area contributed by atoms with Crippen molar-refractivity contribution in [2.75, 3.05) is 7.05 Å². The maximum Gasteiger partial charge on any atom is 0.242 e. The molecule has 0 bridgehead atoms. The van der Waals surface area contributed by atoms with Crippen LogP contribution in [0.15, 0.2) is 84.9 Å². The molecule has 4 nitrogen and oxygen atoms in total. The average molecular weight is 404 g/mol. The molecule has 0 radical (unpaired) electrons. The highest BCUT2D eigenvalue weighted by Crippen LogP contribution is 2.17. The molecule has 30 heavy (non-hydrogen) atoms. The number of likely N-dealkylation sites (N-methyl/N-ethyl adjacent to an activating group) is 1. The molecule has 3 rings (SSSR count). The Hall–Kier alpha value is -3.47. The van der Waals surface area contributed by atoms with Crippen LogP contribution in [-0.2, 0) is 29.0 Å². The number of nitrogens with zero attached hydrogens (tertiary/aromatic N) is 1. The van der Waals surface area contributed by atoms with E-state index in [-0.39, 0.29) is 30.6 Å². The Bertz CT molecular complexity index is 959. The zero-order valence-electron chi connectivity index (χ0n) is 16.9. The molecule has 2 amide bonds. The van der Waals surface area contributed by atoms with E-state index in [0.717, 1.165) is 16.7 Å². The Morgan fingerprint density at radius 2 is 1.40 bits per heavy atom. The molecule has 5 heteroatoms. The predicted molar refractivity (Wildman–Crippen MR) is 115 cm³/mol. The number of carbonyl (C=O) groups is 2. The van der Waals surface area contributed by atoms with Crippen molar-refractivity contribution >= 4 is 11.8 Å². The third-order valence-corrected chi connectivity index (χ3v) is 4.98. The lowest BCUT2D eigenvalue weighted by molar-refractivity contribution is -0.140. The summed E-state index contributed by atoms with van der Waals surface area (Å²) in [6, 6.07) is 24.4. The molecule has 0 spiro atoms. The summed E-state index contributed by atoms with van der Waals surface area (Å²) in [6.45, 7) is 0.219. The summed E-state index contributed by atoms with van der Waals surface area (Å²) in [7, 11) is 1.57. The van der Waals surface area contributed by atoms with Crippen molar-refractivity contribution in [2.24, 2.45) is 0 Å². The minimum Gasteiger partial charge on any atom is -0.357 e. The molecule has 0 saturated heterocycles. The van der Waals surface area contributed by atoms with E-state index < -0.39 is 6.04 Å². The second-order valence-corrected chi connectivity index (χ2v) is 7.13. The summed E-state index contributed by atoms with van der Waals surface area (Å²) >= 11 is 0. The lowest BCUT2D eigenvalue weighted by Crippen LogP contribution is -2.50. The van der Waals surface area contributed by atoms with E-state index in [1.54, 1.807) is 24.1 Å². The first-order valence-electron chi connectivity index (χ1n) is 9.90.